The predicted octanol–water partition coefficient (Wildman–Crippen LogP) is -0.0822. The maximum absolute atomic E-state index is 11.6. The molecule has 0 aliphatic heterocycles. The van der Waals surface area contributed by atoms with Crippen molar-refractivity contribution in [3.63, 3.8) is 0 Å². The lowest BCUT2D eigenvalue weighted by Gasteiger charge is -2.21. The molecule has 0 aliphatic carbocycles. The number of amides is 1. The van der Waals surface area contributed by atoms with Gasteiger partial charge in [0.25, 0.3) is 0 Å². The lowest BCUT2D eigenvalue weighted by molar-refractivity contribution is -0.149. The molecule has 0 spiro atoms. The van der Waals surface area contributed by atoms with E-state index in [0.29, 0.717) is 6.54 Å². The van der Waals surface area contributed by atoms with Crippen LogP contribution in [0.2, 0.25) is 0 Å². The van der Waals surface area contributed by atoms with Crippen molar-refractivity contribution in [3.8, 4) is 0 Å². The molecule has 0 saturated heterocycles. The number of rotatable bonds is 7. The Morgan fingerprint density at radius 3 is 2.29 bits per heavy atom. The number of carbonyl (C=O) groups is 2. The Labute approximate surface area is 102 Å². The van der Waals surface area contributed by atoms with Crippen molar-refractivity contribution in [2.24, 2.45) is 11.7 Å². The summed E-state index contributed by atoms with van der Waals surface area (Å²) in [5.41, 5.74) is 5.56. The number of carboxylic acids is 1. The van der Waals surface area contributed by atoms with E-state index in [0.717, 1.165) is 0 Å². The molecule has 0 aromatic rings. The minimum Gasteiger partial charge on any atom is -0.481 e. The zero-order valence-corrected chi connectivity index (χ0v) is 10.8. The Morgan fingerprint density at radius 2 is 1.88 bits per heavy atom. The van der Waals surface area contributed by atoms with Crippen molar-refractivity contribution in [1.29, 1.82) is 0 Å². The van der Waals surface area contributed by atoms with Gasteiger partial charge in [0.05, 0.1) is 12.0 Å². The monoisotopic (exact) mass is 246 g/mol. The molecule has 0 bridgehead atoms. The number of aliphatic carboxylic acids is 1. The van der Waals surface area contributed by atoms with E-state index in [1.807, 2.05) is 0 Å². The smallest absolute Gasteiger partial charge is 0.308 e. The third-order valence-electron chi connectivity index (χ3n) is 2.55. The summed E-state index contributed by atoms with van der Waals surface area (Å²) >= 11 is 0. The first-order valence-corrected chi connectivity index (χ1v) is 5.59. The molecule has 3 atom stereocenters. The Hall–Kier alpha value is -1.14. The first kappa shape index (κ1) is 15.9. The van der Waals surface area contributed by atoms with Gasteiger partial charge in [-0.1, -0.05) is 0 Å². The summed E-state index contributed by atoms with van der Waals surface area (Å²) in [7, 11) is 1.64. The topological polar surface area (TPSA) is 92.9 Å². The van der Waals surface area contributed by atoms with Crippen molar-refractivity contribution < 1.29 is 19.4 Å². The Kier molecular flexibility index (Phi) is 6.75. The van der Waals surface area contributed by atoms with E-state index >= 15 is 0 Å². The van der Waals surface area contributed by atoms with Gasteiger partial charge in [-0.2, -0.15) is 0 Å². The molecule has 6 nitrogen and oxygen atoms in total. The maximum Gasteiger partial charge on any atom is 0.308 e. The van der Waals surface area contributed by atoms with Crippen LogP contribution in [0.3, 0.4) is 0 Å². The van der Waals surface area contributed by atoms with E-state index in [4.69, 9.17) is 15.6 Å². The lowest BCUT2D eigenvalue weighted by Crippen LogP contribution is -2.40. The number of carboxylic acid groups (broad SMARTS) is 1. The van der Waals surface area contributed by atoms with Crippen LogP contribution in [0.15, 0.2) is 0 Å². The van der Waals surface area contributed by atoms with Crippen molar-refractivity contribution in [2.75, 3.05) is 20.2 Å². The quantitative estimate of drug-likeness (QED) is 0.655. The second-order valence-corrected chi connectivity index (χ2v) is 4.39. The van der Waals surface area contributed by atoms with Crippen LogP contribution in [0, 0.1) is 5.92 Å². The molecule has 100 valence electrons. The molecule has 3 N–H and O–H groups in total. The molecule has 0 aliphatic rings. The molecule has 0 radical (unpaired) electrons. The third-order valence-corrected chi connectivity index (χ3v) is 2.55. The lowest BCUT2D eigenvalue weighted by atomic mass is 10.1. The fraction of sp³-hybridized carbons (Fsp3) is 0.818. The Bertz CT molecular complexity index is 268. The highest BCUT2D eigenvalue weighted by Crippen LogP contribution is 2.07. The third kappa shape index (κ3) is 6.23. The summed E-state index contributed by atoms with van der Waals surface area (Å²) in [6, 6.07) is -0.0979. The zero-order chi connectivity index (χ0) is 13.6. The molecule has 0 rings (SSSR count). The van der Waals surface area contributed by atoms with Gasteiger partial charge in [-0.3, -0.25) is 9.59 Å². The van der Waals surface area contributed by atoms with Gasteiger partial charge in [0.1, 0.15) is 6.61 Å². The second-order valence-electron chi connectivity index (χ2n) is 4.39. The largest absolute Gasteiger partial charge is 0.481 e. The fourth-order valence-corrected chi connectivity index (χ4v) is 1.19. The van der Waals surface area contributed by atoms with E-state index < -0.39 is 18.0 Å². The number of ether oxygens (including phenoxy) is 1. The van der Waals surface area contributed by atoms with E-state index in [-0.39, 0.29) is 18.6 Å². The molecule has 1 amide bonds. The van der Waals surface area contributed by atoms with Crippen molar-refractivity contribution >= 4 is 11.9 Å². The molecular formula is C11H22N2O4. The average molecular weight is 246 g/mol. The van der Waals surface area contributed by atoms with Gasteiger partial charge in [0, 0.05) is 19.6 Å². The highest BCUT2D eigenvalue weighted by atomic mass is 16.5. The second kappa shape index (κ2) is 7.24. The van der Waals surface area contributed by atoms with Crippen molar-refractivity contribution in [2.45, 2.75) is 32.9 Å². The highest BCUT2D eigenvalue weighted by Gasteiger charge is 2.21. The molecule has 0 saturated carbocycles. The molecule has 3 unspecified atom stereocenters. The first-order chi connectivity index (χ1) is 7.75. The van der Waals surface area contributed by atoms with Crippen LogP contribution in [0.25, 0.3) is 0 Å². The van der Waals surface area contributed by atoms with E-state index in [9.17, 15) is 9.59 Å². The van der Waals surface area contributed by atoms with Gasteiger partial charge in [-0.25, -0.2) is 0 Å². The van der Waals surface area contributed by atoms with Crippen LogP contribution >= 0.6 is 0 Å². The van der Waals surface area contributed by atoms with Gasteiger partial charge in [-0.05, 0) is 20.8 Å². The number of likely N-dealkylation sites (N-methyl/N-ethyl adjacent to an activating group) is 1. The fourth-order valence-electron chi connectivity index (χ4n) is 1.19. The normalized spacial score (nSPS) is 16.1. The number of hydrogen-bond acceptors (Lipinski definition) is 4. The standard InChI is InChI=1S/C11H22N2O4/c1-7(12)5-13(4)10(14)6-17-9(3)8(2)11(15)16/h7-9H,5-6,12H2,1-4H3,(H,15,16). The summed E-state index contributed by atoms with van der Waals surface area (Å²) in [6.45, 7) is 5.31. The van der Waals surface area contributed by atoms with Gasteiger partial charge in [0.15, 0.2) is 0 Å². The van der Waals surface area contributed by atoms with Crippen LogP contribution in [0.4, 0.5) is 0 Å². The molecule has 6 heteroatoms. The molecule has 0 aromatic heterocycles. The molecule has 0 fully saturated rings. The van der Waals surface area contributed by atoms with Crippen molar-refractivity contribution in [1.82, 2.24) is 4.90 Å². The molecule has 17 heavy (non-hydrogen) atoms. The van der Waals surface area contributed by atoms with Crippen molar-refractivity contribution in [3.05, 3.63) is 0 Å². The SMILES string of the molecule is CC(N)CN(C)C(=O)COC(C)C(C)C(=O)O. The first-order valence-electron chi connectivity index (χ1n) is 5.59. The van der Waals surface area contributed by atoms with Gasteiger partial charge in [0.2, 0.25) is 5.91 Å². The van der Waals surface area contributed by atoms with Crippen LogP contribution in [-0.4, -0.2) is 54.2 Å². The number of nitrogens with two attached hydrogens (primary N) is 1. The van der Waals surface area contributed by atoms with E-state index in [2.05, 4.69) is 0 Å². The maximum atomic E-state index is 11.6. The zero-order valence-electron chi connectivity index (χ0n) is 10.8. The Balaban J connectivity index is 4.03. The van der Waals surface area contributed by atoms with Gasteiger partial charge < -0.3 is 20.5 Å². The van der Waals surface area contributed by atoms with Crippen LogP contribution < -0.4 is 5.73 Å². The number of hydrogen-bond donors (Lipinski definition) is 2. The van der Waals surface area contributed by atoms with Gasteiger partial charge >= 0.3 is 5.97 Å². The summed E-state index contributed by atoms with van der Waals surface area (Å²) in [4.78, 5) is 23.7. The highest BCUT2D eigenvalue weighted by molar-refractivity contribution is 5.77. The summed E-state index contributed by atoms with van der Waals surface area (Å²) in [6.07, 6.45) is -0.500. The van der Waals surface area contributed by atoms with Crippen LogP contribution in [-0.2, 0) is 14.3 Å². The Morgan fingerprint density at radius 1 is 1.35 bits per heavy atom. The molecule has 0 aromatic carbocycles. The van der Waals surface area contributed by atoms with E-state index in [1.165, 1.54) is 4.90 Å². The average Bonchev–Trinajstić information content (AvgIpc) is 2.22. The number of nitrogens with zero attached hydrogens (tertiary/aromatic N) is 1. The van der Waals surface area contributed by atoms with Crippen LogP contribution in [0.5, 0.6) is 0 Å². The van der Waals surface area contributed by atoms with Crippen LogP contribution in [0.1, 0.15) is 20.8 Å². The minimum atomic E-state index is -0.936. The van der Waals surface area contributed by atoms with E-state index in [1.54, 1.807) is 27.8 Å². The molecule has 0 heterocycles. The predicted molar refractivity (Wildman–Crippen MR) is 63.5 cm³/mol. The minimum absolute atomic E-state index is 0.0979. The molecular weight excluding hydrogens is 224 g/mol. The van der Waals surface area contributed by atoms with Gasteiger partial charge in [-0.15, -0.1) is 0 Å². The summed E-state index contributed by atoms with van der Waals surface area (Å²) < 4.78 is 5.22. The summed E-state index contributed by atoms with van der Waals surface area (Å²) in [5.74, 6) is -1.78. The summed E-state index contributed by atoms with van der Waals surface area (Å²) in [5, 5.41) is 8.75. The number of carbonyl (C=O) groups excluding carboxylic acids is 1.